The number of carbonyl (C=O) groups is 1. The smallest absolute Gasteiger partial charge is 0.455 e. The molecule has 0 amide bonds. The van der Waals surface area contributed by atoms with Gasteiger partial charge in [-0.05, 0) is 16.8 Å². The maximum Gasteiger partial charge on any atom is 0.455 e. The number of fused-ring (bicyclic) bond motifs is 3. The Morgan fingerprint density at radius 2 is 0.962 bits per heavy atom. The minimum Gasteiger partial charge on any atom is -0.506 e. The van der Waals surface area contributed by atoms with Crippen molar-refractivity contribution in [2.24, 2.45) is 0 Å². The van der Waals surface area contributed by atoms with Crippen LogP contribution in [0.1, 0.15) is 10.4 Å². The topological polar surface area (TPSA) is 102 Å². The Hall–Kier alpha value is -3.91. The van der Waals surface area contributed by atoms with Gasteiger partial charge >= 0.3 is 11.8 Å². The molecule has 0 saturated carbocycles. The first-order chi connectivity index (χ1) is 24.9. The second-order valence-electron chi connectivity index (χ2n) is 11.9. The van der Waals surface area contributed by atoms with Gasteiger partial charge in [0.15, 0.2) is 5.56 Å². The van der Waals surface area contributed by atoms with Crippen LogP contribution < -0.4 is 26.8 Å². The molecule has 0 aliphatic carbocycles. The molecule has 1 N–H and O–H groups in total. The SMILES string of the molecule is O=C(c1c(O)c2c(ccc3ccccc32)oc1=O)C(F)(F)F.O=P(CCP(=O)(c1ccccc1)c1ccccc1)(c1ccccc1)c1ccccc1.[Eu]. The number of halogens is 3. The maximum absolute atomic E-state index is 14.4. The fourth-order valence-electron chi connectivity index (χ4n) is 6.07. The number of ketones is 1. The standard InChI is InChI=1S/C26H24O2P2.C15H7F3O4.Eu/c27-29(23-13-5-1-6-14-23,24-15-7-2-8-16-24)21-22-30(28,25-17-9-3-10-18-25)26-19-11-4-12-20-26;16-15(17,18)13(20)11-12(19)10-8-4-2-1-3-7(8)5-6-9(10)22-14(11)21;/h1-20H,21-22H2;1-6,19H;. The van der Waals surface area contributed by atoms with Gasteiger partial charge in [0.1, 0.15) is 25.6 Å². The zero-order chi connectivity index (χ0) is 36.9. The number of Topliss-reactive ketones (excluding diaryl/α,β-unsaturated/α-hetero) is 1. The number of aromatic hydroxyl groups is 1. The molecule has 6 aromatic carbocycles. The summed E-state index contributed by atoms with van der Waals surface area (Å²) in [7, 11) is -5.87. The second-order valence-corrected chi connectivity index (χ2v) is 17.8. The number of rotatable bonds is 8. The summed E-state index contributed by atoms with van der Waals surface area (Å²) in [5.41, 5.74) is -3.03. The van der Waals surface area contributed by atoms with E-state index >= 15 is 0 Å². The van der Waals surface area contributed by atoms with Crippen LogP contribution in [0, 0.1) is 49.4 Å². The van der Waals surface area contributed by atoms with Crippen molar-refractivity contribution in [1.82, 2.24) is 0 Å². The summed E-state index contributed by atoms with van der Waals surface area (Å²) >= 11 is 0. The quantitative estimate of drug-likeness (QED) is 0.0713. The third-order valence-electron chi connectivity index (χ3n) is 8.68. The Kier molecular flexibility index (Phi) is 13.0. The molecule has 1 heterocycles. The fourth-order valence-corrected chi connectivity index (χ4v) is 12.6. The van der Waals surface area contributed by atoms with Crippen molar-refractivity contribution < 1.29 is 86.0 Å². The average molecular weight is 891 g/mol. The van der Waals surface area contributed by atoms with Crippen LogP contribution in [0.25, 0.3) is 21.7 Å². The first-order valence-corrected chi connectivity index (χ1v) is 19.9. The molecule has 53 heavy (non-hydrogen) atoms. The van der Waals surface area contributed by atoms with Gasteiger partial charge in [0, 0.05) is 82.9 Å². The van der Waals surface area contributed by atoms with E-state index in [9.17, 15) is 37.0 Å². The Morgan fingerprint density at radius 1 is 0.585 bits per heavy atom. The Balaban J connectivity index is 0.000000210. The number of carbonyl (C=O) groups excluding carboxylic acids is 1. The van der Waals surface area contributed by atoms with Crippen LogP contribution in [0.15, 0.2) is 167 Å². The van der Waals surface area contributed by atoms with Crippen LogP contribution in [0.5, 0.6) is 5.75 Å². The maximum atomic E-state index is 14.4. The van der Waals surface area contributed by atoms with E-state index in [-0.39, 0.29) is 60.3 Å². The third-order valence-corrected chi connectivity index (χ3v) is 15.3. The molecule has 0 saturated heterocycles. The van der Waals surface area contributed by atoms with E-state index in [2.05, 4.69) is 0 Å². The zero-order valence-corrected chi connectivity index (χ0v) is 32.0. The summed E-state index contributed by atoms with van der Waals surface area (Å²) < 4.78 is 71.3. The minimum atomic E-state index is -5.29. The van der Waals surface area contributed by atoms with Crippen molar-refractivity contribution >= 4 is 63.0 Å². The number of hydrogen-bond acceptors (Lipinski definition) is 6. The predicted octanol–water partition coefficient (Wildman–Crippen LogP) is 8.41. The van der Waals surface area contributed by atoms with Crippen LogP contribution in [-0.4, -0.2) is 29.4 Å². The summed E-state index contributed by atoms with van der Waals surface area (Å²) in [6.45, 7) is 0. The summed E-state index contributed by atoms with van der Waals surface area (Å²) in [5, 5.41) is 14.2. The summed E-state index contributed by atoms with van der Waals surface area (Å²) in [5.74, 6) is -3.46. The van der Waals surface area contributed by atoms with Crippen LogP contribution in [0.3, 0.4) is 0 Å². The zero-order valence-electron chi connectivity index (χ0n) is 27.8. The fraction of sp³-hybridized carbons (Fsp3) is 0.0732. The molecule has 0 aliphatic heterocycles. The molecule has 0 fully saturated rings. The molecule has 0 unspecified atom stereocenters. The normalized spacial score (nSPS) is 11.7. The van der Waals surface area contributed by atoms with Crippen molar-refractivity contribution in [3.63, 3.8) is 0 Å². The summed E-state index contributed by atoms with van der Waals surface area (Å²) in [6, 6.07) is 47.9. The van der Waals surface area contributed by atoms with Crippen LogP contribution in [-0.2, 0) is 9.13 Å². The van der Waals surface area contributed by atoms with E-state index in [0.717, 1.165) is 21.2 Å². The number of benzene rings is 6. The van der Waals surface area contributed by atoms with E-state index in [1.54, 1.807) is 30.3 Å². The Bertz CT molecular complexity index is 2330. The molecule has 0 spiro atoms. The van der Waals surface area contributed by atoms with Crippen molar-refractivity contribution in [1.29, 1.82) is 0 Å². The van der Waals surface area contributed by atoms with E-state index < -0.39 is 43.2 Å². The van der Waals surface area contributed by atoms with Crippen LogP contribution >= 0.6 is 14.3 Å². The van der Waals surface area contributed by atoms with Crippen molar-refractivity contribution in [3.05, 3.63) is 174 Å². The van der Waals surface area contributed by atoms with E-state index in [0.29, 0.717) is 23.1 Å². The Morgan fingerprint density at radius 3 is 1.36 bits per heavy atom. The molecule has 7 aromatic rings. The molecule has 0 atom stereocenters. The van der Waals surface area contributed by atoms with Crippen molar-refractivity contribution in [2.45, 2.75) is 6.18 Å². The van der Waals surface area contributed by atoms with Gasteiger partial charge < -0.3 is 18.7 Å². The van der Waals surface area contributed by atoms with Gasteiger partial charge in [0.2, 0.25) is 0 Å². The minimum absolute atomic E-state index is 0. The number of alkyl halides is 3. The van der Waals surface area contributed by atoms with Gasteiger partial charge in [0.05, 0.1) is 5.39 Å². The predicted molar refractivity (Wildman–Crippen MR) is 201 cm³/mol. The van der Waals surface area contributed by atoms with Gasteiger partial charge in [-0.1, -0.05) is 152 Å². The van der Waals surface area contributed by atoms with Crippen LogP contribution in [0.2, 0.25) is 0 Å². The van der Waals surface area contributed by atoms with Gasteiger partial charge in [0.25, 0.3) is 5.78 Å². The van der Waals surface area contributed by atoms with Gasteiger partial charge in [-0.3, -0.25) is 4.79 Å². The molecular weight excluding hydrogens is 859 g/mol. The molecule has 1 radical (unpaired) electrons. The van der Waals surface area contributed by atoms with Crippen molar-refractivity contribution in [3.8, 4) is 5.75 Å². The first kappa shape index (κ1) is 40.3. The number of hydrogen-bond donors (Lipinski definition) is 1. The monoisotopic (exact) mass is 891 g/mol. The Labute approximate surface area is 344 Å². The molecule has 7 rings (SSSR count). The molecule has 269 valence electrons. The second kappa shape index (κ2) is 17.1. The van der Waals surface area contributed by atoms with Gasteiger partial charge in [-0.15, -0.1) is 0 Å². The molecule has 12 heteroatoms. The molecule has 6 nitrogen and oxygen atoms in total. The van der Waals surface area contributed by atoms with Crippen LogP contribution in [0.4, 0.5) is 13.2 Å². The van der Waals surface area contributed by atoms with Crippen molar-refractivity contribution in [2.75, 3.05) is 12.3 Å². The average Bonchev–Trinajstić information content (AvgIpc) is 3.17. The van der Waals surface area contributed by atoms with Gasteiger partial charge in [-0.2, -0.15) is 13.2 Å². The van der Waals surface area contributed by atoms with E-state index in [4.69, 9.17) is 4.42 Å². The molecule has 0 bridgehead atoms. The first-order valence-electron chi connectivity index (χ1n) is 16.1. The third kappa shape index (κ3) is 8.59. The largest absolute Gasteiger partial charge is 0.506 e. The molecule has 1 aromatic heterocycles. The summed E-state index contributed by atoms with van der Waals surface area (Å²) in [6.07, 6.45) is -4.59. The van der Waals surface area contributed by atoms with E-state index in [1.165, 1.54) is 6.07 Å². The summed E-state index contributed by atoms with van der Waals surface area (Å²) in [4.78, 5) is 23.0. The van der Waals surface area contributed by atoms with E-state index in [1.807, 2.05) is 121 Å². The molecular formula is C41H31EuF3O6P2. The molecule has 0 aliphatic rings. The van der Waals surface area contributed by atoms with Gasteiger partial charge in [-0.25, -0.2) is 4.79 Å².